The number of carbonyl (C=O) groups is 2. The number of ether oxygens (including phenoxy) is 1. The molecule has 2 aliphatic heterocycles. The first-order chi connectivity index (χ1) is 11.1. The normalized spacial score (nSPS) is 30.1. The summed E-state index contributed by atoms with van der Waals surface area (Å²) in [4.78, 5) is 27.3. The molecule has 0 radical (unpaired) electrons. The molecule has 7 heteroatoms. The number of carbonyl (C=O) groups excluding carboxylic acids is 2. The van der Waals surface area contributed by atoms with E-state index in [4.69, 9.17) is 9.26 Å². The summed E-state index contributed by atoms with van der Waals surface area (Å²) in [5, 5.41) is 6.88. The average Bonchev–Trinajstić information content (AvgIpc) is 3.09. The van der Waals surface area contributed by atoms with Crippen molar-refractivity contribution in [3.63, 3.8) is 0 Å². The molecule has 3 fully saturated rings. The smallest absolute Gasteiger partial charge is 0.259 e. The van der Waals surface area contributed by atoms with E-state index in [1.165, 1.54) is 6.26 Å². The molecular weight excluding hydrogens is 298 g/mol. The third-order valence-corrected chi connectivity index (χ3v) is 5.25. The number of piperidine rings is 1. The predicted octanol–water partition coefficient (Wildman–Crippen LogP) is 0.883. The number of likely N-dealkylation sites (tertiary alicyclic amines) is 1. The lowest BCUT2D eigenvalue weighted by Gasteiger charge is -2.42. The number of aromatic nitrogens is 1. The molecule has 2 amide bonds. The number of amides is 2. The number of aryl methyl sites for hydroxylation is 1. The van der Waals surface area contributed by atoms with Gasteiger partial charge in [-0.1, -0.05) is 5.16 Å². The van der Waals surface area contributed by atoms with Crippen LogP contribution in [0, 0.1) is 12.3 Å². The fraction of sp³-hybridized carbons (Fsp3) is 0.688. The predicted molar refractivity (Wildman–Crippen MR) is 79.7 cm³/mol. The van der Waals surface area contributed by atoms with Gasteiger partial charge in [-0.3, -0.25) is 9.59 Å². The summed E-state index contributed by atoms with van der Waals surface area (Å²) in [6.45, 7) is 3.32. The quantitative estimate of drug-likeness (QED) is 0.894. The maximum Gasteiger partial charge on any atom is 0.259 e. The van der Waals surface area contributed by atoms with Crippen molar-refractivity contribution in [3.8, 4) is 0 Å². The van der Waals surface area contributed by atoms with Crippen LogP contribution in [0.2, 0.25) is 0 Å². The van der Waals surface area contributed by atoms with Crippen molar-refractivity contribution in [2.24, 2.45) is 5.41 Å². The highest BCUT2D eigenvalue weighted by Gasteiger charge is 2.54. The van der Waals surface area contributed by atoms with Crippen LogP contribution in [-0.4, -0.2) is 53.7 Å². The Morgan fingerprint density at radius 2 is 2.22 bits per heavy atom. The first-order valence-electron chi connectivity index (χ1n) is 8.23. The highest BCUT2D eigenvalue weighted by molar-refractivity contribution is 5.95. The summed E-state index contributed by atoms with van der Waals surface area (Å²) in [5.74, 6) is -0.0743. The lowest BCUT2D eigenvalue weighted by molar-refractivity contribution is -0.138. The summed E-state index contributed by atoms with van der Waals surface area (Å²) >= 11 is 0. The number of fused-ring (bicyclic) bond motifs is 1. The zero-order chi connectivity index (χ0) is 16.0. The van der Waals surface area contributed by atoms with Crippen LogP contribution in [-0.2, 0) is 9.53 Å². The van der Waals surface area contributed by atoms with Gasteiger partial charge in [-0.15, -0.1) is 0 Å². The van der Waals surface area contributed by atoms with E-state index in [-0.39, 0.29) is 17.9 Å². The molecule has 124 valence electrons. The van der Waals surface area contributed by atoms with Gasteiger partial charge in [-0.25, -0.2) is 0 Å². The zero-order valence-corrected chi connectivity index (χ0v) is 13.2. The molecule has 1 N–H and O–H groups in total. The molecule has 1 aliphatic carbocycles. The number of hydrogen-bond acceptors (Lipinski definition) is 5. The molecular formula is C16H21N3O4. The molecule has 0 unspecified atom stereocenters. The number of hydrogen-bond donors (Lipinski definition) is 1. The average molecular weight is 319 g/mol. The van der Waals surface area contributed by atoms with Crippen molar-refractivity contribution in [2.45, 2.75) is 44.8 Å². The Bertz CT molecular complexity index is 639. The van der Waals surface area contributed by atoms with E-state index >= 15 is 0 Å². The summed E-state index contributed by atoms with van der Waals surface area (Å²) < 4.78 is 10.7. The van der Waals surface area contributed by atoms with Gasteiger partial charge in [0.2, 0.25) is 5.91 Å². The Morgan fingerprint density at radius 3 is 2.91 bits per heavy atom. The molecule has 3 heterocycles. The SMILES string of the molecule is Cc1nocc1C(=O)N1CC[C@H]2OCC[C@@]2(C(=O)NC2CC2)C1. The van der Waals surface area contributed by atoms with Gasteiger partial charge < -0.3 is 19.5 Å². The van der Waals surface area contributed by atoms with Crippen molar-refractivity contribution in [1.29, 1.82) is 0 Å². The molecule has 3 aliphatic rings. The van der Waals surface area contributed by atoms with Crippen molar-refractivity contribution >= 4 is 11.8 Å². The molecule has 1 saturated carbocycles. The van der Waals surface area contributed by atoms with Gasteiger partial charge in [-0.05, 0) is 32.6 Å². The van der Waals surface area contributed by atoms with E-state index in [1.807, 2.05) is 0 Å². The summed E-state index contributed by atoms with van der Waals surface area (Å²) in [6.07, 6.45) is 4.75. The van der Waals surface area contributed by atoms with Crippen LogP contribution in [0.4, 0.5) is 0 Å². The van der Waals surface area contributed by atoms with Gasteiger partial charge in [0.05, 0.1) is 17.2 Å². The Labute approximate surface area is 134 Å². The van der Waals surface area contributed by atoms with Crippen LogP contribution in [0.25, 0.3) is 0 Å². The van der Waals surface area contributed by atoms with Gasteiger partial charge in [0.25, 0.3) is 5.91 Å². The monoisotopic (exact) mass is 319 g/mol. The lowest BCUT2D eigenvalue weighted by Crippen LogP contribution is -2.58. The van der Waals surface area contributed by atoms with E-state index in [0.717, 1.165) is 12.8 Å². The van der Waals surface area contributed by atoms with Crippen molar-refractivity contribution < 1.29 is 18.8 Å². The molecule has 2 saturated heterocycles. The van der Waals surface area contributed by atoms with E-state index in [2.05, 4.69) is 10.5 Å². The molecule has 4 rings (SSSR count). The summed E-state index contributed by atoms with van der Waals surface area (Å²) in [7, 11) is 0. The Balaban J connectivity index is 1.56. The molecule has 1 aromatic rings. The van der Waals surface area contributed by atoms with Gasteiger partial charge in [0.1, 0.15) is 11.8 Å². The lowest BCUT2D eigenvalue weighted by atomic mass is 9.75. The maximum atomic E-state index is 12.8. The fourth-order valence-electron chi connectivity index (χ4n) is 3.67. The van der Waals surface area contributed by atoms with E-state index in [0.29, 0.717) is 49.8 Å². The topological polar surface area (TPSA) is 84.7 Å². The van der Waals surface area contributed by atoms with Gasteiger partial charge in [0.15, 0.2) is 0 Å². The van der Waals surface area contributed by atoms with Gasteiger partial charge in [-0.2, -0.15) is 0 Å². The number of nitrogens with zero attached hydrogens (tertiary/aromatic N) is 2. The first kappa shape index (κ1) is 14.7. The molecule has 2 atom stereocenters. The van der Waals surface area contributed by atoms with Crippen molar-refractivity contribution in [1.82, 2.24) is 15.4 Å². The minimum atomic E-state index is -0.610. The van der Waals surface area contributed by atoms with Crippen LogP contribution in [0.15, 0.2) is 10.8 Å². The highest BCUT2D eigenvalue weighted by atomic mass is 16.5. The molecule has 0 spiro atoms. The summed E-state index contributed by atoms with van der Waals surface area (Å²) in [5.41, 5.74) is 0.443. The number of rotatable bonds is 3. The zero-order valence-electron chi connectivity index (χ0n) is 13.2. The van der Waals surface area contributed by atoms with E-state index < -0.39 is 5.41 Å². The fourth-order valence-corrected chi connectivity index (χ4v) is 3.67. The maximum absolute atomic E-state index is 12.8. The van der Waals surface area contributed by atoms with Crippen LogP contribution in [0.5, 0.6) is 0 Å². The second kappa shape index (κ2) is 5.33. The molecule has 1 aromatic heterocycles. The minimum absolute atomic E-state index is 0.0436. The number of nitrogens with one attached hydrogen (secondary N) is 1. The third kappa shape index (κ3) is 2.43. The minimum Gasteiger partial charge on any atom is -0.377 e. The molecule has 0 aromatic carbocycles. The third-order valence-electron chi connectivity index (χ3n) is 5.25. The van der Waals surface area contributed by atoms with Crippen LogP contribution >= 0.6 is 0 Å². The Hall–Kier alpha value is -1.89. The van der Waals surface area contributed by atoms with E-state index in [9.17, 15) is 9.59 Å². The molecule has 23 heavy (non-hydrogen) atoms. The second-order valence-corrected chi connectivity index (χ2v) is 6.84. The molecule has 7 nitrogen and oxygen atoms in total. The van der Waals surface area contributed by atoms with Gasteiger partial charge >= 0.3 is 0 Å². The molecule has 0 bridgehead atoms. The van der Waals surface area contributed by atoms with Gasteiger partial charge in [0, 0.05) is 25.7 Å². The van der Waals surface area contributed by atoms with Crippen LogP contribution in [0.1, 0.15) is 41.7 Å². The standard InChI is InChI=1S/C16H21N3O4/c1-10-12(8-23-18-10)14(20)19-6-4-13-16(9-19,5-7-22-13)15(21)17-11-2-3-11/h8,11,13H,2-7,9H2,1H3,(H,17,21)/t13-,16-/m1/s1. The first-order valence-corrected chi connectivity index (χ1v) is 8.23. The van der Waals surface area contributed by atoms with Crippen LogP contribution < -0.4 is 5.32 Å². The summed E-state index contributed by atoms with van der Waals surface area (Å²) in [6, 6.07) is 0.310. The highest BCUT2D eigenvalue weighted by Crippen LogP contribution is 2.42. The Morgan fingerprint density at radius 1 is 1.39 bits per heavy atom. The Kier molecular flexibility index (Phi) is 3.41. The largest absolute Gasteiger partial charge is 0.377 e. The van der Waals surface area contributed by atoms with Crippen LogP contribution in [0.3, 0.4) is 0 Å². The van der Waals surface area contributed by atoms with E-state index in [1.54, 1.807) is 11.8 Å². The van der Waals surface area contributed by atoms with Crippen molar-refractivity contribution in [2.75, 3.05) is 19.7 Å². The van der Waals surface area contributed by atoms with Crippen molar-refractivity contribution in [3.05, 3.63) is 17.5 Å². The second-order valence-electron chi connectivity index (χ2n) is 6.84.